The number of aliphatic hydroxyl groups excluding tert-OH is 1. The van der Waals surface area contributed by atoms with Crippen LogP contribution < -0.4 is 0 Å². The number of ether oxygens (including phenoxy) is 1. The number of hydrogen-bond acceptors (Lipinski definition) is 7. The highest BCUT2D eigenvalue weighted by Gasteiger charge is 2.75. The molecule has 12 heteroatoms. The average molecular weight is 591 g/mol. The van der Waals surface area contributed by atoms with Crippen LogP contribution in [0.2, 0.25) is 0 Å². The first kappa shape index (κ1) is 28.6. The number of thiol groups is 1. The average Bonchev–Trinajstić information content (AvgIpc) is 3.50. The van der Waals surface area contributed by atoms with E-state index in [0.29, 0.717) is 6.42 Å². The number of rotatable bonds is 5. The van der Waals surface area contributed by atoms with Crippen LogP contribution in [-0.2, 0) is 32.8 Å². The predicted molar refractivity (Wildman–Crippen MR) is 140 cm³/mol. The number of carbonyl (C=O) groups excluding carboxylic acids is 2. The molecular formula is C27H33F3O7S2. The number of allylic oxidation sites excluding steroid dienone is 4. The minimum atomic E-state index is -3.78. The minimum absolute atomic E-state index is 0.0113. The van der Waals surface area contributed by atoms with E-state index >= 15 is 8.78 Å². The molecule has 1 aromatic heterocycles. The molecule has 0 bridgehead atoms. The first-order valence-electron chi connectivity index (χ1n) is 12.9. The van der Waals surface area contributed by atoms with Crippen LogP contribution in [0.25, 0.3) is 0 Å². The second kappa shape index (κ2) is 9.60. The molecule has 4 aliphatic carbocycles. The number of ketones is 1. The fourth-order valence-corrected chi connectivity index (χ4v) is 11.4. The standard InChI is InChI=1S/C27H33F3O7S2/c1-14-8-16-17-11-19(29)18-9-15(31)10-22(39(34,38-4)36-13-28)26(18,3)27(17,30)21(32)12-25(16,2)23(14)37-24(33)20-6-5-7-35-20/h5-7,9-10,14,16-17,19,21,23,32,38H,8,11-13H2,1-4H3/t14?,16-,17-,19?,21?,23?,25-,26+,27-,39?/m0/s1. The lowest BCUT2D eigenvalue weighted by Crippen LogP contribution is -2.70. The number of halogens is 3. The zero-order valence-electron chi connectivity index (χ0n) is 22.1. The van der Waals surface area contributed by atoms with Crippen molar-refractivity contribution in [2.24, 2.45) is 28.6 Å². The molecule has 3 fully saturated rings. The van der Waals surface area contributed by atoms with E-state index in [1.807, 2.05) is 13.8 Å². The van der Waals surface area contributed by atoms with Crippen LogP contribution in [0.1, 0.15) is 50.6 Å². The third kappa shape index (κ3) is 3.88. The molecule has 1 heterocycles. The van der Waals surface area contributed by atoms with Crippen LogP contribution >= 0.6 is 0 Å². The molecular weight excluding hydrogens is 557 g/mol. The summed E-state index contributed by atoms with van der Waals surface area (Å²) in [5.74, 6) is -3.23. The van der Waals surface area contributed by atoms with Crippen LogP contribution in [0.3, 0.4) is 0 Å². The number of aliphatic hydroxyl groups is 1. The third-order valence-electron chi connectivity index (χ3n) is 9.67. The maximum absolute atomic E-state index is 17.9. The molecule has 1 aromatic rings. The van der Waals surface area contributed by atoms with E-state index in [1.165, 1.54) is 25.5 Å². The third-order valence-corrected chi connectivity index (χ3v) is 14.0. The first-order chi connectivity index (χ1) is 18.3. The van der Waals surface area contributed by atoms with Gasteiger partial charge in [-0.1, -0.05) is 13.8 Å². The summed E-state index contributed by atoms with van der Waals surface area (Å²) >= 11 is 0. The van der Waals surface area contributed by atoms with Gasteiger partial charge in [0.2, 0.25) is 12.6 Å². The quantitative estimate of drug-likeness (QED) is 0.392. The Morgan fingerprint density at radius 3 is 2.62 bits per heavy atom. The topological polar surface area (TPSA) is 103 Å². The van der Waals surface area contributed by atoms with Gasteiger partial charge >= 0.3 is 5.97 Å². The van der Waals surface area contributed by atoms with Crippen molar-refractivity contribution in [2.45, 2.75) is 64.1 Å². The number of carbonyl (C=O) groups is 2. The Kier molecular flexibility index (Phi) is 7.04. The normalized spacial score (nSPS) is 42.9. The molecule has 1 N–H and O–H groups in total. The minimum Gasteiger partial charge on any atom is -0.457 e. The van der Waals surface area contributed by atoms with Gasteiger partial charge in [-0.05, 0) is 68.1 Å². The molecule has 0 radical (unpaired) electrons. The summed E-state index contributed by atoms with van der Waals surface area (Å²) in [5, 5.41) is 11.6. The monoisotopic (exact) mass is 590 g/mol. The Bertz CT molecular complexity index is 1370. The summed E-state index contributed by atoms with van der Waals surface area (Å²) in [7, 11) is -3.75. The zero-order chi connectivity index (χ0) is 28.5. The number of alkyl halides is 3. The van der Waals surface area contributed by atoms with Crippen LogP contribution in [-0.4, -0.2) is 58.2 Å². The Morgan fingerprint density at radius 1 is 1.28 bits per heavy atom. The van der Waals surface area contributed by atoms with Gasteiger partial charge < -0.3 is 14.3 Å². The second-order valence-electron chi connectivity index (χ2n) is 11.4. The summed E-state index contributed by atoms with van der Waals surface area (Å²) in [6.45, 7) is 3.56. The van der Waals surface area contributed by atoms with Crippen molar-refractivity contribution in [3.8, 4) is 0 Å². The largest absolute Gasteiger partial charge is 0.457 e. The van der Waals surface area contributed by atoms with Crippen molar-refractivity contribution in [3.63, 3.8) is 0 Å². The molecule has 3 saturated carbocycles. The summed E-state index contributed by atoms with van der Waals surface area (Å²) in [6, 6.07) is 3.02. The van der Waals surface area contributed by atoms with Gasteiger partial charge in [0.15, 0.2) is 11.5 Å². The van der Waals surface area contributed by atoms with Crippen molar-refractivity contribution in [1.82, 2.24) is 0 Å². The van der Waals surface area contributed by atoms with Gasteiger partial charge in [-0.15, -0.1) is 10.3 Å². The Morgan fingerprint density at radius 2 is 2.00 bits per heavy atom. The number of fused-ring (bicyclic) bond motifs is 5. The zero-order valence-corrected chi connectivity index (χ0v) is 23.8. The van der Waals surface area contributed by atoms with Gasteiger partial charge in [0.25, 0.3) is 0 Å². The Balaban J connectivity index is 1.62. The van der Waals surface area contributed by atoms with Gasteiger partial charge in [0.1, 0.15) is 21.0 Å². The maximum atomic E-state index is 17.9. The highest BCUT2D eigenvalue weighted by molar-refractivity contribution is 8.39. The second-order valence-corrected chi connectivity index (χ2v) is 16.0. The van der Waals surface area contributed by atoms with Crippen LogP contribution in [0, 0.1) is 28.6 Å². The SMILES string of the molecule is C[SH]=S(=O)(OCF)C1=CC(=O)C=C2C(F)C[C@H]3[C@@H]4CC(C)C(OC(=O)c5ccco5)[C@@]4(C)CC(O)[C@]3(F)[C@]21C. The van der Waals surface area contributed by atoms with Gasteiger partial charge in [-0.3, -0.25) is 8.98 Å². The first-order valence-corrected chi connectivity index (χ1v) is 16.3. The lowest BCUT2D eigenvalue weighted by molar-refractivity contribution is -0.208. The summed E-state index contributed by atoms with van der Waals surface area (Å²) in [6.07, 6.45) is 0.435. The highest BCUT2D eigenvalue weighted by Crippen LogP contribution is 2.70. The Labute approximate surface area is 228 Å². The molecule has 5 rings (SSSR count). The van der Waals surface area contributed by atoms with E-state index in [-0.39, 0.29) is 45.3 Å². The van der Waals surface area contributed by atoms with E-state index in [0.717, 1.165) is 12.2 Å². The summed E-state index contributed by atoms with van der Waals surface area (Å²) in [5.41, 5.74) is -5.74. The summed E-state index contributed by atoms with van der Waals surface area (Å²) < 4.78 is 77.1. The lowest BCUT2D eigenvalue weighted by Gasteiger charge is -2.63. The molecule has 10 atom stereocenters. The van der Waals surface area contributed by atoms with Crippen molar-refractivity contribution in [1.29, 1.82) is 0 Å². The molecule has 39 heavy (non-hydrogen) atoms. The number of hydrogen-bond donors (Lipinski definition) is 2. The molecule has 0 spiro atoms. The van der Waals surface area contributed by atoms with Crippen molar-refractivity contribution in [3.05, 3.63) is 46.8 Å². The molecule has 0 amide bonds. The highest BCUT2D eigenvalue weighted by atomic mass is 32.9. The molecule has 0 saturated heterocycles. The number of esters is 1. The summed E-state index contributed by atoms with van der Waals surface area (Å²) in [4.78, 5) is 25.1. The number of furan rings is 1. The van der Waals surface area contributed by atoms with Crippen LogP contribution in [0.15, 0.2) is 45.4 Å². The molecule has 216 valence electrons. The van der Waals surface area contributed by atoms with E-state index in [2.05, 4.69) is 0 Å². The molecule has 0 aliphatic heterocycles. The van der Waals surface area contributed by atoms with Crippen LogP contribution in [0.4, 0.5) is 13.2 Å². The maximum Gasteiger partial charge on any atom is 0.374 e. The van der Waals surface area contributed by atoms with Crippen molar-refractivity contribution in [2.75, 3.05) is 13.1 Å². The van der Waals surface area contributed by atoms with E-state index in [9.17, 15) is 23.3 Å². The van der Waals surface area contributed by atoms with Gasteiger partial charge in [0.05, 0.1) is 22.7 Å². The van der Waals surface area contributed by atoms with Crippen LogP contribution in [0.5, 0.6) is 0 Å². The van der Waals surface area contributed by atoms with E-state index in [1.54, 1.807) is 6.07 Å². The van der Waals surface area contributed by atoms with Gasteiger partial charge in [-0.25, -0.2) is 22.2 Å². The van der Waals surface area contributed by atoms with E-state index in [4.69, 9.17) is 13.3 Å². The molecule has 0 aromatic carbocycles. The van der Waals surface area contributed by atoms with Crippen molar-refractivity contribution >= 4 is 30.8 Å². The van der Waals surface area contributed by atoms with Crippen molar-refractivity contribution < 1.29 is 45.4 Å². The van der Waals surface area contributed by atoms with Gasteiger partial charge in [0, 0.05) is 17.4 Å². The van der Waals surface area contributed by atoms with E-state index < -0.39 is 74.1 Å². The predicted octanol–water partition coefficient (Wildman–Crippen LogP) is 4.20. The smallest absolute Gasteiger partial charge is 0.374 e. The lowest BCUT2D eigenvalue weighted by atomic mass is 9.45. The van der Waals surface area contributed by atoms with Gasteiger partial charge in [-0.2, -0.15) is 0 Å². The fourth-order valence-electron chi connectivity index (χ4n) is 8.04. The Hall–Kier alpha value is -1.89. The molecule has 4 aliphatic rings. The fraction of sp³-hybridized carbons (Fsp3) is 0.630. The molecule has 7 nitrogen and oxygen atoms in total. The molecule has 5 unspecified atom stereocenters.